The van der Waals surface area contributed by atoms with Crippen LogP contribution in [0.25, 0.3) is 21.7 Å². The fraction of sp³-hybridized carbons (Fsp3) is 0.261. The van der Waals surface area contributed by atoms with Crippen molar-refractivity contribution in [2.45, 2.75) is 19.9 Å². The van der Waals surface area contributed by atoms with Crippen LogP contribution < -0.4 is 10.3 Å². The average Bonchev–Trinajstić information content (AvgIpc) is 3.06. The Morgan fingerprint density at radius 3 is 2.60 bits per heavy atom. The van der Waals surface area contributed by atoms with Crippen LogP contribution in [0.2, 0.25) is 0 Å². The van der Waals surface area contributed by atoms with Gasteiger partial charge in [0.1, 0.15) is 12.3 Å². The molecule has 0 aliphatic heterocycles. The molecule has 2 heterocycles. The van der Waals surface area contributed by atoms with Crippen molar-refractivity contribution in [2.24, 2.45) is 7.05 Å². The van der Waals surface area contributed by atoms with E-state index in [1.807, 2.05) is 43.4 Å². The van der Waals surface area contributed by atoms with Crippen molar-refractivity contribution in [1.82, 2.24) is 14.3 Å². The minimum Gasteiger partial charge on any atom is -0.497 e. The molecule has 2 aromatic carbocycles. The van der Waals surface area contributed by atoms with Crippen molar-refractivity contribution in [3.63, 3.8) is 0 Å². The van der Waals surface area contributed by atoms with Crippen molar-refractivity contribution in [2.75, 3.05) is 13.7 Å². The van der Waals surface area contributed by atoms with Gasteiger partial charge in [-0.15, -0.1) is 0 Å². The number of carbonyl (C=O) groups excluding carboxylic acids is 1. The number of methoxy groups -OCH3 is 1. The third-order valence-electron chi connectivity index (χ3n) is 5.17. The van der Waals surface area contributed by atoms with Gasteiger partial charge in [-0.2, -0.15) is 5.10 Å². The van der Waals surface area contributed by atoms with E-state index >= 15 is 0 Å². The summed E-state index contributed by atoms with van der Waals surface area (Å²) in [5.41, 5.74) is 2.56. The van der Waals surface area contributed by atoms with Crippen LogP contribution in [0.4, 0.5) is 0 Å². The lowest BCUT2D eigenvalue weighted by molar-refractivity contribution is -0.144. The number of nitrogens with zero attached hydrogens (tertiary/aromatic N) is 3. The van der Waals surface area contributed by atoms with Gasteiger partial charge in [0.25, 0.3) is 5.56 Å². The first kappa shape index (κ1) is 19.7. The highest BCUT2D eigenvalue weighted by Gasteiger charge is 2.16. The Morgan fingerprint density at radius 2 is 1.87 bits per heavy atom. The molecule has 7 heteroatoms. The van der Waals surface area contributed by atoms with E-state index in [1.54, 1.807) is 20.1 Å². The van der Waals surface area contributed by atoms with Gasteiger partial charge in [-0.3, -0.25) is 9.59 Å². The quantitative estimate of drug-likeness (QED) is 0.461. The van der Waals surface area contributed by atoms with Crippen molar-refractivity contribution in [3.05, 3.63) is 70.3 Å². The fourth-order valence-electron chi connectivity index (χ4n) is 3.77. The van der Waals surface area contributed by atoms with Crippen LogP contribution in [0.1, 0.15) is 18.2 Å². The Labute approximate surface area is 173 Å². The average molecular weight is 405 g/mol. The van der Waals surface area contributed by atoms with E-state index in [2.05, 4.69) is 15.9 Å². The molecular weight excluding hydrogens is 382 g/mol. The highest BCUT2D eigenvalue weighted by molar-refractivity contribution is 5.88. The van der Waals surface area contributed by atoms with Crippen LogP contribution in [0.3, 0.4) is 0 Å². The van der Waals surface area contributed by atoms with Gasteiger partial charge in [0.2, 0.25) is 0 Å². The van der Waals surface area contributed by atoms with E-state index in [1.165, 1.54) is 4.68 Å². The van der Waals surface area contributed by atoms with E-state index in [9.17, 15) is 9.59 Å². The Bertz CT molecular complexity index is 1300. The lowest BCUT2D eigenvalue weighted by atomic mass is 10.0. The smallest absolute Gasteiger partial charge is 0.327 e. The zero-order chi connectivity index (χ0) is 21.3. The molecule has 0 aliphatic carbocycles. The van der Waals surface area contributed by atoms with Crippen molar-refractivity contribution >= 4 is 27.6 Å². The number of hydrogen-bond donors (Lipinski definition) is 0. The summed E-state index contributed by atoms with van der Waals surface area (Å²) < 4.78 is 13.6. The molecular formula is C23H23N3O4. The number of ether oxygens (including phenoxy) is 2. The molecule has 0 saturated heterocycles. The molecule has 0 N–H and O–H groups in total. The summed E-state index contributed by atoms with van der Waals surface area (Å²) in [6, 6.07) is 13.3. The molecule has 0 unspecified atom stereocenters. The number of aryl methyl sites for hydroxylation is 1. The largest absolute Gasteiger partial charge is 0.497 e. The molecule has 0 atom stereocenters. The predicted octanol–water partition coefficient (Wildman–Crippen LogP) is 3.05. The Morgan fingerprint density at radius 1 is 1.10 bits per heavy atom. The molecule has 2 aromatic heterocycles. The Hall–Kier alpha value is -3.61. The highest BCUT2D eigenvalue weighted by Crippen LogP contribution is 2.28. The summed E-state index contributed by atoms with van der Waals surface area (Å²) in [5.74, 6) is 0.295. The Balaban J connectivity index is 1.85. The van der Waals surface area contributed by atoms with E-state index in [0.29, 0.717) is 11.8 Å². The molecule has 4 aromatic rings. The van der Waals surface area contributed by atoms with E-state index in [-0.39, 0.29) is 18.7 Å². The van der Waals surface area contributed by atoms with Gasteiger partial charge in [-0.05, 0) is 36.8 Å². The third-order valence-corrected chi connectivity index (χ3v) is 5.17. The summed E-state index contributed by atoms with van der Waals surface area (Å²) in [4.78, 5) is 24.8. The number of carbonyl (C=O) groups is 1. The molecule has 30 heavy (non-hydrogen) atoms. The standard InChI is InChI=1S/C23H23N3O4/c1-4-30-22(27)14-26-23(28)18-8-6-5-7-17(18)20(24-26)11-15-13-25(2)21-10-9-16(29-3)12-19(15)21/h5-10,12-13H,4,11,14H2,1-3H3. The highest BCUT2D eigenvalue weighted by atomic mass is 16.5. The summed E-state index contributed by atoms with van der Waals surface area (Å²) >= 11 is 0. The van der Waals surface area contributed by atoms with E-state index in [0.717, 1.165) is 33.3 Å². The van der Waals surface area contributed by atoms with E-state index < -0.39 is 5.97 Å². The molecule has 0 radical (unpaired) electrons. The van der Waals surface area contributed by atoms with Crippen molar-refractivity contribution < 1.29 is 14.3 Å². The van der Waals surface area contributed by atoms with Gasteiger partial charge in [0, 0.05) is 36.0 Å². The van der Waals surface area contributed by atoms with Crippen LogP contribution in [0.15, 0.2) is 53.5 Å². The molecule has 4 rings (SSSR count). The third kappa shape index (κ3) is 3.54. The van der Waals surface area contributed by atoms with Gasteiger partial charge in [-0.1, -0.05) is 18.2 Å². The molecule has 0 bridgehead atoms. The van der Waals surface area contributed by atoms with Crippen LogP contribution in [0, 0.1) is 0 Å². The van der Waals surface area contributed by atoms with Crippen LogP contribution >= 0.6 is 0 Å². The second-order valence-corrected chi connectivity index (χ2v) is 7.09. The maximum Gasteiger partial charge on any atom is 0.327 e. The monoisotopic (exact) mass is 405 g/mol. The number of benzene rings is 2. The molecule has 154 valence electrons. The zero-order valence-electron chi connectivity index (χ0n) is 17.2. The van der Waals surface area contributed by atoms with Gasteiger partial charge >= 0.3 is 5.97 Å². The SMILES string of the molecule is CCOC(=O)Cn1nc(Cc2cn(C)c3ccc(OC)cc23)c2ccccc2c1=O. The molecule has 0 fully saturated rings. The summed E-state index contributed by atoms with van der Waals surface area (Å²) in [7, 11) is 3.63. The van der Waals surface area contributed by atoms with Crippen LogP contribution in [0.5, 0.6) is 5.75 Å². The number of aromatic nitrogens is 3. The second kappa shape index (κ2) is 8.02. The summed E-state index contributed by atoms with van der Waals surface area (Å²) in [6.07, 6.45) is 2.56. The number of esters is 1. The van der Waals surface area contributed by atoms with Gasteiger partial charge < -0.3 is 14.0 Å². The summed E-state index contributed by atoms with van der Waals surface area (Å²) in [5, 5.41) is 6.91. The minimum atomic E-state index is -0.483. The minimum absolute atomic E-state index is 0.214. The van der Waals surface area contributed by atoms with Gasteiger partial charge in [-0.25, -0.2) is 4.68 Å². The van der Waals surface area contributed by atoms with Crippen LogP contribution in [-0.2, 0) is 29.5 Å². The molecule has 0 spiro atoms. The van der Waals surface area contributed by atoms with Gasteiger partial charge in [0.15, 0.2) is 0 Å². The lowest BCUT2D eigenvalue weighted by Crippen LogP contribution is -2.29. The van der Waals surface area contributed by atoms with Crippen molar-refractivity contribution in [3.8, 4) is 5.75 Å². The molecule has 0 aliphatic rings. The number of rotatable bonds is 6. The second-order valence-electron chi connectivity index (χ2n) is 7.09. The summed E-state index contributed by atoms with van der Waals surface area (Å²) in [6.45, 7) is 1.77. The first-order chi connectivity index (χ1) is 14.5. The van der Waals surface area contributed by atoms with E-state index in [4.69, 9.17) is 9.47 Å². The molecule has 7 nitrogen and oxygen atoms in total. The lowest BCUT2D eigenvalue weighted by Gasteiger charge is -2.11. The predicted molar refractivity (Wildman–Crippen MR) is 115 cm³/mol. The molecule has 0 amide bonds. The number of hydrogen-bond acceptors (Lipinski definition) is 5. The van der Waals surface area contributed by atoms with Crippen molar-refractivity contribution in [1.29, 1.82) is 0 Å². The van der Waals surface area contributed by atoms with Crippen LogP contribution in [-0.4, -0.2) is 34.0 Å². The zero-order valence-corrected chi connectivity index (χ0v) is 17.2. The topological polar surface area (TPSA) is 75.3 Å². The van der Waals surface area contributed by atoms with Gasteiger partial charge in [0.05, 0.1) is 24.8 Å². The number of fused-ring (bicyclic) bond motifs is 2. The first-order valence-electron chi connectivity index (χ1n) is 9.78. The fourth-order valence-corrected chi connectivity index (χ4v) is 3.77. The maximum absolute atomic E-state index is 12.8. The Kier molecular flexibility index (Phi) is 5.27. The maximum atomic E-state index is 12.8. The first-order valence-corrected chi connectivity index (χ1v) is 9.78. The normalized spacial score (nSPS) is 11.2. The molecule has 0 saturated carbocycles.